The van der Waals surface area contributed by atoms with Crippen LogP contribution < -0.4 is 21.7 Å². The van der Waals surface area contributed by atoms with Gasteiger partial charge in [0.25, 0.3) is 0 Å². The van der Waals surface area contributed by atoms with Gasteiger partial charge in [0, 0.05) is 29.6 Å². The van der Waals surface area contributed by atoms with Gasteiger partial charge >= 0.3 is 0 Å². The lowest BCUT2D eigenvalue weighted by atomic mass is 9.77. The van der Waals surface area contributed by atoms with Crippen molar-refractivity contribution in [2.75, 3.05) is 13.6 Å². The van der Waals surface area contributed by atoms with Gasteiger partial charge in [0.1, 0.15) is 6.29 Å². The Labute approximate surface area is 334 Å². The molecule has 3 rings (SSSR count). The summed E-state index contributed by atoms with van der Waals surface area (Å²) in [6.07, 6.45) is 16.6. The van der Waals surface area contributed by atoms with Crippen molar-refractivity contribution in [3.63, 3.8) is 0 Å². The van der Waals surface area contributed by atoms with Crippen molar-refractivity contribution in [3.05, 3.63) is 97.7 Å². The van der Waals surface area contributed by atoms with Crippen LogP contribution in [0.1, 0.15) is 128 Å². The lowest BCUT2D eigenvalue weighted by molar-refractivity contribution is -0.105. The largest absolute Gasteiger partial charge is 0.380 e. The van der Waals surface area contributed by atoms with Gasteiger partial charge < -0.3 is 26.6 Å². The highest BCUT2D eigenvalue weighted by molar-refractivity contribution is 5.74. The molecule has 0 bridgehead atoms. The topological polar surface area (TPSA) is 82.4 Å². The first-order valence-electron chi connectivity index (χ1n) is 20.9. The van der Waals surface area contributed by atoms with E-state index in [1.165, 1.54) is 24.6 Å². The van der Waals surface area contributed by atoms with Crippen molar-refractivity contribution in [3.8, 4) is 0 Å². The Morgan fingerprint density at radius 1 is 1.04 bits per heavy atom. The van der Waals surface area contributed by atoms with Gasteiger partial charge in [0.05, 0.1) is 23.9 Å². The number of likely N-dealkylation sites (tertiary alicyclic amines) is 1. The third-order valence-corrected chi connectivity index (χ3v) is 11.1. The summed E-state index contributed by atoms with van der Waals surface area (Å²) in [5, 5.41) is 11.3. The van der Waals surface area contributed by atoms with Gasteiger partial charge in [-0.05, 0) is 87.5 Å². The van der Waals surface area contributed by atoms with Crippen molar-refractivity contribution in [2.24, 2.45) is 40.2 Å². The van der Waals surface area contributed by atoms with Gasteiger partial charge in [-0.3, -0.25) is 4.79 Å². The van der Waals surface area contributed by atoms with Crippen molar-refractivity contribution in [1.82, 2.24) is 20.9 Å². The van der Waals surface area contributed by atoms with Crippen LogP contribution in [0.3, 0.4) is 0 Å². The third-order valence-electron chi connectivity index (χ3n) is 11.1. The van der Waals surface area contributed by atoms with Crippen LogP contribution in [-0.4, -0.2) is 48.9 Å². The molecule has 308 valence electrons. The van der Waals surface area contributed by atoms with Crippen LogP contribution in [0.25, 0.3) is 0 Å². The number of allylic oxidation sites excluding steroid dienone is 6. The van der Waals surface area contributed by atoms with Crippen LogP contribution in [0.15, 0.2) is 97.7 Å². The van der Waals surface area contributed by atoms with E-state index in [2.05, 4.69) is 147 Å². The maximum Gasteiger partial charge on any atom is 0.147 e. The summed E-state index contributed by atoms with van der Waals surface area (Å²) < 4.78 is 0. The fraction of sp³-hybridized carbons (Fsp3) is 0.646. The highest BCUT2D eigenvalue weighted by atomic mass is 16.1. The smallest absolute Gasteiger partial charge is 0.147 e. The van der Waals surface area contributed by atoms with Crippen molar-refractivity contribution in [1.29, 1.82) is 0 Å². The average Bonchev–Trinajstić information content (AvgIpc) is 3.42. The second-order valence-corrected chi connectivity index (χ2v) is 16.9. The minimum Gasteiger partial charge on any atom is -0.380 e. The third kappa shape index (κ3) is 14.4. The number of rotatable bonds is 19. The number of nitrogens with two attached hydrogens (primary N) is 1. The molecule has 5 N–H and O–H groups in total. The molecule has 0 amide bonds. The van der Waals surface area contributed by atoms with Crippen LogP contribution in [0.5, 0.6) is 0 Å². The monoisotopic (exact) mass is 748 g/mol. The van der Waals surface area contributed by atoms with Gasteiger partial charge in [-0.2, -0.15) is 0 Å². The SMILES string of the molecule is C=CC1=CC(/C=C\C)CC(C(NC(=C)NC(CCC(=C)C)C(C)(C)C)C(=C)N2C[C@H]3[C@@H](C2C(=C)NC(CCC)C(=C)C=O)C3(C)C)C1.CC.CCC.CN. The number of nitrogens with one attached hydrogen (secondary N) is 3. The van der Waals surface area contributed by atoms with Gasteiger partial charge in [0.15, 0.2) is 0 Å². The molecule has 1 heterocycles. The summed E-state index contributed by atoms with van der Waals surface area (Å²) in [6, 6.07) is 0.152. The molecule has 3 aliphatic rings. The second kappa shape index (κ2) is 24.3. The normalized spacial score (nSPS) is 23.8. The molecule has 54 heavy (non-hydrogen) atoms. The van der Waals surface area contributed by atoms with E-state index in [4.69, 9.17) is 6.58 Å². The minimum absolute atomic E-state index is 0.0412. The van der Waals surface area contributed by atoms with Crippen molar-refractivity contribution >= 4 is 6.29 Å². The Hall–Kier alpha value is -3.25. The van der Waals surface area contributed by atoms with Crippen LogP contribution in [0.2, 0.25) is 0 Å². The van der Waals surface area contributed by atoms with Crippen molar-refractivity contribution in [2.45, 2.75) is 152 Å². The molecule has 1 aliphatic heterocycles. The molecular weight excluding hydrogens is 663 g/mol. The molecule has 0 aromatic carbocycles. The lowest BCUT2D eigenvalue weighted by Gasteiger charge is -2.43. The van der Waals surface area contributed by atoms with E-state index < -0.39 is 0 Å². The Balaban J connectivity index is 0.00000375. The van der Waals surface area contributed by atoms with Crippen LogP contribution in [0.4, 0.5) is 0 Å². The second-order valence-electron chi connectivity index (χ2n) is 16.9. The lowest BCUT2D eigenvalue weighted by Crippen LogP contribution is -2.52. The summed E-state index contributed by atoms with van der Waals surface area (Å²) in [6.45, 7) is 53.5. The van der Waals surface area contributed by atoms with Gasteiger partial charge in [-0.25, -0.2) is 0 Å². The number of piperidine rings is 1. The van der Waals surface area contributed by atoms with Gasteiger partial charge in [-0.15, -0.1) is 6.58 Å². The molecular formula is C48H85N5O. The summed E-state index contributed by atoms with van der Waals surface area (Å²) >= 11 is 0. The van der Waals surface area contributed by atoms with E-state index in [-0.39, 0.29) is 35.0 Å². The Bertz CT molecular complexity index is 1300. The Morgan fingerprint density at radius 3 is 2.11 bits per heavy atom. The van der Waals surface area contributed by atoms with Gasteiger partial charge in [0.2, 0.25) is 0 Å². The van der Waals surface area contributed by atoms with E-state index in [1.807, 2.05) is 19.9 Å². The quantitative estimate of drug-likeness (QED) is 0.0598. The number of nitrogens with zero attached hydrogens (tertiary/aromatic N) is 1. The molecule has 2 fully saturated rings. The number of hydrogen-bond donors (Lipinski definition) is 4. The zero-order valence-electron chi connectivity index (χ0n) is 37.3. The molecule has 1 saturated heterocycles. The van der Waals surface area contributed by atoms with E-state index in [9.17, 15) is 4.79 Å². The fourth-order valence-electron chi connectivity index (χ4n) is 8.15. The van der Waals surface area contributed by atoms with E-state index in [0.717, 1.165) is 68.6 Å². The van der Waals surface area contributed by atoms with Gasteiger partial charge in [-0.1, -0.05) is 150 Å². The summed E-state index contributed by atoms with van der Waals surface area (Å²) in [7, 11) is 1.50. The fourth-order valence-corrected chi connectivity index (χ4v) is 8.15. The van der Waals surface area contributed by atoms with Crippen LogP contribution >= 0.6 is 0 Å². The summed E-state index contributed by atoms with van der Waals surface area (Å²) in [5.41, 5.74) is 9.85. The van der Waals surface area contributed by atoms with E-state index in [1.54, 1.807) is 0 Å². The number of fused-ring (bicyclic) bond motifs is 1. The zero-order valence-corrected chi connectivity index (χ0v) is 37.3. The first-order chi connectivity index (χ1) is 25.4. The molecule has 8 atom stereocenters. The summed E-state index contributed by atoms with van der Waals surface area (Å²) in [4.78, 5) is 14.2. The summed E-state index contributed by atoms with van der Waals surface area (Å²) in [5.74, 6) is 2.48. The molecule has 6 nitrogen and oxygen atoms in total. The number of hydrogen-bond acceptors (Lipinski definition) is 6. The van der Waals surface area contributed by atoms with Crippen LogP contribution in [-0.2, 0) is 4.79 Å². The van der Waals surface area contributed by atoms with E-state index >= 15 is 0 Å². The van der Waals surface area contributed by atoms with Crippen molar-refractivity contribution < 1.29 is 4.79 Å². The molecule has 2 aliphatic carbocycles. The molecule has 0 aromatic rings. The number of carbonyl (C=O) groups excluding carboxylic acids is 1. The predicted octanol–water partition coefficient (Wildman–Crippen LogP) is 11.0. The number of aldehydes is 1. The maximum absolute atomic E-state index is 11.7. The highest BCUT2D eigenvalue weighted by Crippen LogP contribution is 2.66. The first kappa shape index (κ1) is 50.8. The standard InChI is InChI=1S/C42H66N4O.C3H8.C2H6.CH5N/c1-15-18-33-22-32(17-3)23-34(24-33)39(45-31(9)44-37(41(10,11)12)21-20-27(4)5)30(8)46-25-35-38(42(35,13)14)40(46)29(7)43-36(19-16-2)28(6)26-47;1-3-2;2*1-2/h15,17-18,22,26,33-40,43-45H,3-4,6-9,16,19-21,23-25H2,1-2,5,10-14H3;3H2,1-2H3;1-2H3;2H2,1H3/b18-15-;;;/t33?,34?,35-,36?,37?,38-,39?,40?;;;/m0.../s1. The molecule has 0 aromatic heterocycles. The minimum atomic E-state index is -0.118. The van der Waals surface area contributed by atoms with E-state index in [0.29, 0.717) is 29.2 Å². The Morgan fingerprint density at radius 2 is 1.63 bits per heavy atom. The Kier molecular flexibility index (Phi) is 22.8. The molecule has 0 radical (unpaired) electrons. The number of carbonyl (C=O) groups is 1. The van der Waals surface area contributed by atoms with Crippen LogP contribution in [0, 0.1) is 34.5 Å². The predicted molar refractivity (Wildman–Crippen MR) is 240 cm³/mol. The molecule has 6 unspecified atom stereocenters. The molecule has 0 spiro atoms. The first-order valence-corrected chi connectivity index (χ1v) is 20.9. The highest BCUT2D eigenvalue weighted by Gasteiger charge is 2.67. The average molecular weight is 748 g/mol. The maximum atomic E-state index is 11.7. The molecule has 1 saturated carbocycles. The molecule has 6 heteroatoms. The zero-order chi connectivity index (χ0) is 42.0.